The molecule has 0 aliphatic carbocycles. The Morgan fingerprint density at radius 1 is 1.10 bits per heavy atom. The molecule has 1 saturated heterocycles. The highest BCUT2D eigenvalue weighted by molar-refractivity contribution is 5.86. The van der Waals surface area contributed by atoms with Gasteiger partial charge in [-0.15, -0.1) is 0 Å². The molecule has 1 aromatic heterocycles. The van der Waals surface area contributed by atoms with Gasteiger partial charge in [-0.2, -0.15) is 0 Å². The van der Waals surface area contributed by atoms with Crippen molar-refractivity contribution in [1.82, 2.24) is 4.90 Å². The van der Waals surface area contributed by atoms with Gasteiger partial charge in [0.1, 0.15) is 22.8 Å². The number of nitrogens with zero attached hydrogens (tertiary/aromatic N) is 1. The van der Waals surface area contributed by atoms with Gasteiger partial charge in [0.15, 0.2) is 0 Å². The summed E-state index contributed by atoms with van der Waals surface area (Å²) in [6.45, 7) is 8.86. The van der Waals surface area contributed by atoms with Crippen LogP contribution in [-0.2, 0) is 6.54 Å². The molecule has 5 heteroatoms. The highest BCUT2D eigenvalue weighted by atomic mass is 16.5. The second-order valence-electron chi connectivity index (χ2n) is 8.67. The van der Waals surface area contributed by atoms with Gasteiger partial charge in [0.05, 0.1) is 23.6 Å². The molecule has 1 N–H and O–H groups in total. The molecule has 0 spiro atoms. The van der Waals surface area contributed by atoms with Crippen LogP contribution in [0, 0.1) is 18.8 Å². The van der Waals surface area contributed by atoms with Gasteiger partial charge in [-0.3, -0.25) is 9.69 Å². The minimum atomic E-state index is -0.0828. The summed E-state index contributed by atoms with van der Waals surface area (Å²) in [6, 6.07) is 10.7. The van der Waals surface area contributed by atoms with Crippen molar-refractivity contribution in [2.45, 2.75) is 33.7 Å². The van der Waals surface area contributed by atoms with E-state index in [2.05, 4.69) is 18.7 Å². The molecule has 1 fully saturated rings. The molecule has 1 aliphatic rings. The molecule has 0 radical (unpaired) electrons. The summed E-state index contributed by atoms with van der Waals surface area (Å²) in [5.74, 6) is 2.68. The van der Waals surface area contributed by atoms with E-state index in [-0.39, 0.29) is 11.2 Å². The Hall–Kier alpha value is -2.79. The number of methoxy groups -OCH3 is 1. The highest BCUT2D eigenvalue weighted by Crippen LogP contribution is 2.33. The second-order valence-corrected chi connectivity index (χ2v) is 8.67. The summed E-state index contributed by atoms with van der Waals surface area (Å²) >= 11 is 0. The number of hydrogen-bond acceptors (Lipinski definition) is 5. The van der Waals surface area contributed by atoms with Crippen LogP contribution in [-0.4, -0.2) is 30.2 Å². The maximum absolute atomic E-state index is 13.4. The summed E-state index contributed by atoms with van der Waals surface area (Å²) in [5.41, 5.74) is 2.43. The van der Waals surface area contributed by atoms with Crippen LogP contribution in [0.25, 0.3) is 22.1 Å². The van der Waals surface area contributed by atoms with Gasteiger partial charge in [-0.25, -0.2) is 0 Å². The van der Waals surface area contributed by atoms with Gasteiger partial charge in [-0.05, 0) is 55.0 Å². The van der Waals surface area contributed by atoms with E-state index >= 15 is 0 Å². The van der Waals surface area contributed by atoms with E-state index in [1.54, 1.807) is 26.2 Å². The average molecular weight is 408 g/mol. The number of benzene rings is 2. The van der Waals surface area contributed by atoms with Gasteiger partial charge in [-0.1, -0.05) is 26.0 Å². The minimum Gasteiger partial charge on any atom is -0.507 e. The van der Waals surface area contributed by atoms with E-state index in [4.69, 9.17) is 9.15 Å². The molecule has 2 heterocycles. The topological polar surface area (TPSA) is 62.9 Å². The maximum Gasteiger partial charge on any atom is 0.200 e. The lowest BCUT2D eigenvalue weighted by Crippen LogP contribution is -2.38. The first-order valence-electron chi connectivity index (χ1n) is 10.5. The largest absolute Gasteiger partial charge is 0.507 e. The lowest BCUT2D eigenvalue weighted by atomic mass is 9.91. The Morgan fingerprint density at radius 3 is 2.40 bits per heavy atom. The van der Waals surface area contributed by atoms with Crippen LogP contribution >= 0.6 is 0 Å². The van der Waals surface area contributed by atoms with Crippen LogP contribution in [0.4, 0.5) is 0 Å². The third-order valence-electron chi connectivity index (χ3n) is 6.02. The number of rotatable bonds is 4. The van der Waals surface area contributed by atoms with Gasteiger partial charge in [0.25, 0.3) is 0 Å². The molecule has 2 atom stereocenters. The molecule has 0 bridgehead atoms. The molecule has 3 aromatic rings. The van der Waals surface area contributed by atoms with E-state index in [1.807, 2.05) is 24.3 Å². The molecular weight excluding hydrogens is 378 g/mol. The standard InChI is InChI=1S/C25H29NO4/c1-15-11-16(2)13-26(12-15)14-21-22(27)10-9-20-24(28)23(17(3)30-25(20)21)18-5-7-19(29-4)8-6-18/h5-10,15-16,27H,11-14H2,1-4H3. The van der Waals surface area contributed by atoms with Crippen molar-refractivity contribution in [2.75, 3.05) is 20.2 Å². The van der Waals surface area contributed by atoms with Crippen LogP contribution in [0.5, 0.6) is 11.5 Å². The van der Waals surface area contributed by atoms with Crippen molar-refractivity contribution < 1.29 is 14.3 Å². The predicted molar refractivity (Wildman–Crippen MR) is 119 cm³/mol. The van der Waals surface area contributed by atoms with Crippen molar-refractivity contribution in [2.24, 2.45) is 11.8 Å². The van der Waals surface area contributed by atoms with E-state index < -0.39 is 0 Å². The van der Waals surface area contributed by atoms with Crippen molar-refractivity contribution in [1.29, 1.82) is 0 Å². The zero-order valence-corrected chi connectivity index (χ0v) is 18.1. The molecule has 5 nitrogen and oxygen atoms in total. The SMILES string of the molecule is COc1ccc(-c2c(C)oc3c(CN4CC(C)CC(C)C4)c(O)ccc3c2=O)cc1. The van der Waals surface area contributed by atoms with E-state index in [0.717, 1.165) is 24.4 Å². The summed E-state index contributed by atoms with van der Waals surface area (Å²) in [6.07, 6.45) is 1.22. The minimum absolute atomic E-state index is 0.0828. The van der Waals surface area contributed by atoms with E-state index in [9.17, 15) is 9.90 Å². The summed E-state index contributed by atoms with van der Waals surface area (Å²) in [7, 11) is 1.61. The van der Waals surface area contributed by atoms with Crippen LogP contribution in [0.15, 0.2) is 45.6 Å². The van der Waals surface area contributed by atoms with Crippen LogP contribution in [0.1, 0.15) is 31.6 Å². The number of fused-ring (bicyclic) bond motifs is 1. The molecule has 30 heavy (non-hydrogen) atoms. The molecular formula is C25H29NO4. The maximum atomic E-state index is 13.4. The second kappa shape index (κ2) is 8.15. The van der Waals surface area contributed by atoms with Crippen molar-refractivity contribution >= 4 is 11.0 Å². The fraction of sp³-hybridized carbons (Fsp3) is 0.400. The zero-order chi connectivity index (χ0) is 21.4. The number of piperidine rings is 1. The number of aryl methyl sites for hydroxylation is 1. The van der Waals surface area contributed by atoms with Crippen molar-refractivity contribution in [3.8, 4) is 22.6 Å². The fourth-order valence-corrected chi connectivity index (χ4v) is 4.80. The summed E-state index contributed by atoms with van der Waals surface area (Å²) in [4.78, 5) is 15.7. The number of hydrogen-bond donors (Lipinski definition) is 1. The molecule has 2 aromatic carbocycles. The van der Waals surface area contributed by atoms with E-state index in [0.29, 0.717) is 46.2 Å². The predicted octanol–water partition coefficient (Wildman–Crippen LogP) is 4.96. The number of phenols is 1. The van der Waals surface area contributed by atoms with Crippen LogP contribution < -0.4 is 10.2 Å². The lowest BCUT2D eigenvalue weighted by Gasteiger charge is -2.35. The number of likely N-dealkylation sites (tertiary alicyclic amines) is 1. The molecule has 2 unspecified atom stereocenters. The Bertz CT molecular complexity index is 1110. The molecule has 0 saturated carbocycles. The lowest BCUT2D eigenvalue weighted by molar-refractivity contribution is 0.133. The quantitative estimate of drug-likeness (QED) is 0.662. The van der Waals surface area contributed by atoms with Crippen LogP contribution in [0.3, 0.4) is 0 Å². The van der Waals surface area contributed by atoms with Crippen molar-refractivity contribution in [3.05, 3.63) is 57.9 Å². The zero-order valence-electron chi connectivity index (χ0n) is 18.1. The van der Waals surface area contributed by atoms with Gasteiger partial charge < -0.3 is 14.3 Å². The van der Waals surface area contributed by atoms with Gasteiger partial charge in [0, 0.05) is 19.6 Å². The Kier molecular flexibility index (Phi) is 5.56. The third-order valence-corrected chi connectivity index (χ3v) is 6.02. The molecule has 0 amide bonds. The molecule has 1 aliphatic heterocycles. The first-order chi connectivity index (χ1) is 14.4. The van der Waals surface area contributed by atoms with Gasteiger partial charge in [0.2, 0.25) is 5.43 Å². The monoisotopic (exact) mass is 407 g/mol. The highest BCUT2D eigenvalue weighted by Gasteiger charge is 2.25. The van der Waals surface area contributed by atoms with Crippen molar-refractivity contribution in [3.63, 3.8) is 0 Å². The Labute approximate surface area is 176 Å². The first kappa shape index (κ1) is 20.5. The van der Waals surface area contributed by atoms with Crippen LogP contribution in [0.2, 0.25) is 0 Å². The average Bonchev–Trinajstić information content (AvgIpc) is 2.70. The Morgan fingerprint density at radius 2 is 1.77 bits per heavy atom. The summed E-state index contributed by atoms with van der Waals surface area (Å²) < 4.78 is 11.4. The molecule has 4 rings (SSSR count). The fourth-order valence-electron chi connectivity index (χ4n) is 4.80. The Balaban J connectivity index is 1.79. The van der Waals surface area contributed by atoms with E-state index in [1.165, 1.54) is 6.42 Å². The van der Waals surface area contributed by atoms with Gasteiger partial charge >= 0.3 is 0 Å². The number of ether oxygens (including phenoxy) is 1. The molecule has 158 valence electrons. The number of aromatic hydroxyl groups is 1. The summed E-state index contributed by atoms with van der Waals surface area (Å²) in [5, 5.41) is 11.1. The normalized spacial score (nSPS) is 19.9. The third kappa shape index (κ3) is 3.82. The smallest absolute Gasteiger partial charge is 0.200 e. The number of phenolic OH excluding ortho intramolecular Hbond substituents is 1. The first-order valence-corrected chi connectivity index (χ1v) is 10.5.